The molecule has 33 heavy (non-hydrogen) atoms. The molecule has 0 aliphatic heterocycles. The van der Waals surface area contributed by atoms with Gasteiger partial charge in [-0.05, 0) is 70.4 Å². The predicted octanol–water partition coefficient (Wildman–Crippen LogP) is 5.19. The zero-order valence-electron chi connectivity index (χ0n) is 18.2. The van der Waals surface area contributed by atoms with Crippen LogP contribution in [0.5, 0.6) is 5.75 Å². The number of halogens is 2. The number of anilines is 1. The number of carbonyl (C=O) groups is 1. The van der Waals surface area contributed by atoms with Crippen LogP contribution >= 0.6 is 27.5 Å². The van der Waals surface area contributed by atoms with E-state index in [4.69, 9.17) is 16.3 Å². The second-order valence-electron chi connectivity index (χ2n) is 7.43. The van der Waals surface area contributed by atoms with Gasteiger partial charge in [0.1, 0.15) is 12.4 Å². The van der Waals surface area contributed by atoms with Crippen LogP contribution in [0.2, 0.25) is 5.02 Å². The van der Waals surface area contributed by atoms with Crippen molar-refractivity contribution >= 4 is 49.1 Å². The van der Waals surface area contributed by atoms with Gasteiger partial charge in [0.15, 0.2) is 0 Å². The summed E-state index contributed by atoms with van der Waals surface area (Å²) in [5.74, 6) is 0.563. The van der Waals surface area contributed by atoms with E-state index < -0.39 is 10.0 Å². The Hall–Kier alpha value is -2.55. The van der Waals surface area contributed by atoms with Crippen molar-refractivity contribution in [3.63, 3.8) is 0 Å². The molecule has 0 saturated carbocycles. The quantitative estimate of drug-likeness (QED) is 0.372. The fourth-order valence-corrected chi connectivity index (χ4v) is 4.42. The molecule has 0 unspecified atom stereocenters. The lowest BCUT2D eigenvalue weighted by Gasteiger charge is -2.23. The van der Waals surface area contributed by atoms with Gasteiger partial charge in [-0.2, -0.15) is 0 Å². The molecule has 0 atom stereocenters. The smallest absolute Gasteiger partial charge is 0.251 e. The maximum Gasteiger partial charge on any atom is 0.251 e. The number of hydrogen-bond donors (Lipinski definition) is 1. The first-order valence-electron chi connectivity index (χ1n) is 10.1. The van der Waals surface area contributed by atoms with Crippen molar-refractivity contribution in [2.45, 2.75) is 13.5 Å². The highest BCUT2D eigenvalue weighted by Crippen LogP contribution is 2.29. The summed E-state index contributed by atoms with van der Waals surface area (Å²) in [6.07, 6.45) is 1.14. The van der Waals surface area contributed by atoms with Crippen LogP contribution in [0.3, 0.4) is 0 Å². The highest BCUT2D eigenvalue weighted by Gasteiger charge is 2.19. The molecule has 6 nitrogen and oxygen atoms in total. The summed E-state index contributed by atoms with van der Waals surface area (Å²) in [5, 5.41) is 3.24. The molecule has 0 aliphatic rings. The van der Waals surface area contributed by atoms with Crippen LogP contribution in [0, 0.1) is 6.92 Å². The van der Waals surface area contributed by atoms with E-state index in [0.29, 0.717) is 33.9 Å². The minimum atomic E-state index is -3.55. The van der Waals surface area contributed by atoms with Gasteiger partial charge in [0.05, 0.1) is 30.1 Å². The number of benzene rings is 3. The largest absolute Gasteiger partial charge is 0.491 e. The number of amides is 1. The second kappa shape index (κ2) is 11.0. The van der Waals surface area contributed by atoms with Crippen LogP contribution < -0.4 is 14.4 Å². The van der Waals surface area contributed by atoms with Crippen molar-refractivity contribution in [1.82, 2.24) is 5.32 Å². The number of nitrogens with one attached hydrogen (secondary N) is 1. The number of sulfonamides is 1. The third-order valence-corrected chi connectivity index (χ3v) is 7.25. The van der Waals surface area contributed by atoms with E-state index >= 15 is 0 Å². The molecule has 1 N–H and O–H groups in total. The molecule has 3 aromatic rings. The van der Waals surface area contributed by atoms with Crippen molar-refractivity contribution in [2.24, 2.45) is 0 Å². The Morgan fingerprint density at radius 1 is 1.09 bits per heavy atom. The average Bonchev–Trinajstić information content (AvgIpc) is 2.77. The molecule has 0 radical (unpaired) electrons. The summed E-state index contributed by atoms with van der Waals surface area (Å²) in [4.78, 5) is 12.4. The fraction of sp³-hybridized carbons (Fsp3) is 0.208. The lowest BCUT2D eigenvalue weighted by Crippen LogP contribution is -2.29. The molecule has 9 heteroatoms. The zero-order valence-corrected chi connectivity index (χ0v) is 21.4. The minimum absolute atomic E-state index is 0.114. The van der Waals surface area contributed by atoms with E-state index in [9.17, 15) is 13.2 Å². The van der Waals surface area contributed by atoms with Gasteiger partial charge < -0.3 is 10.1 Å². The number of hydrogen-bond acceptors (Lipinski definition) is 4. The molecular formula is C24H24BrClN2O4S. The van der Waals surface area contributed by atoms with E-state index in [1.54, 1.807) is 42.5 Å². The standard InChI is InChI=1S/C24H24BrClN2O4S/c1-17-5-3-4-6-23(17)32-14-13-27-24(29)19-9-7-18(8-10-19)16-28(33(2,30)31)20-11-12-21(25)22(26)15-20/h3-12,15H,13-14,16H2,1-2H3,(H,27,29). The molecule has 0 spiro atoms. The first-order valence-corrected chi connectivity index (χ1v) is 13.2. The summed E-state index contributed by atoms with van der Waals surface area (Å²) < 4.78 is 32.4. The molecule has 174 valence electrons. The Morgan fingerprint density at radius 3 is 2.42 bits per heavy atom. The van der Waals surface area contributed by atoms with Crippen LogP contribution in [0.15, 0.2) is 71.2 Å². The van der Waals surface area contributed by atoms with Crippen LogP contribution in [-0.4, -0.2) is 33.7 Å². The average molecular weight is 552 g/mol. The molecule has 0 aliphatic carbocycles. The first kappa shape index (κ1) is 25.1. The zero-order chi connectivity index (χ0) is 24.0. The molecule has 0 aromatic heterocycles. The van der Waals surface area contributed by atoms with Gasteiger partial charge in [0.2, 0.25) is 10.0 Å². The lowest BCUT2D eigenvalue weighted by molar-refractivity contribution is 0.0947. The Morgan fingerprint density at radius 2 is 1.79 bits per heavy atom. The minimum Gasteiger partial charge on any atom is -0.491 e. The number of rotatable bonds is 9. The van der Waals surface area contributed by atoms with E-state index in [0.717, 1.165) is 23.1 Å². The van der Waals surface area contributed by atoms with Crippen molar-refractivity contribution in [1.29, 1.82) is 0 Å². The summed E-state index contributed by atoms with van der Waals surface area (Å²) in [6.45, 7) is 2.80. The van der Waals surface area contributed by atoms with Gasteiger partial charge in [0, 0.05) is 10.0 Å². The number of para-hydroxylation sites is 1. The van der Waals surface area contributed by atoms with Crippen LogP contribution in [0.1, 0.15) is 21.5 Å². The second-order valence-corrected chi connectivity index (χ2v) is 10.6. The third-order valence-electron chi connectivity index (χ3n) is 4.87. The molecule has 0 bridgehead atoms. The van der Waals surface area contributed by atoms with Crippen LogP contribution in [-0.2, 0) is 16.6 Å². The van der Waals surface area contributed by atoms with Crippen molar-refractivity contribution < 1.29 is 17.9 Å². The van der Waals surface area contributed by atoms with Gasteiger partial charge >= 0.3 is 0 Å². The van der Waals surface area contributed by atoms with E-state index in [2.05, 4.69) is 21.2 Å². The molecule has 0 heterocycles. The summed E-state index contributed by atoms with van der Waals surface area (Å²) in [5.41, 5.74) is 2.71. The fourth-order valence-electron chi connectivity index (χ4n) is 3.11. The van der Waals surface area contributed by atoms with Gasteiger partial charge in [-0.25, -0.2) is 8.42 Å². The van der Waals surface area contributed by atoms with Gasteiger partial charge in [0.25, 0.3) is 5.91 Å². The van der Waals surface area contributed by atoms with Gasteiger partial charge in [-0.3, -0.25) is 9.10 Å². The first-order chi connectivity index (χ1) is 15.6. The van der Waals surface area contributed by atoms with E-state index in [1.165, 1.54) is 4.31 Å². The molecule has 0 fully saturated rings. The number of aryl methyl sites for hydroxylation is 1. The van der Waals surface area contributed by atoms with Crippen molar-refractivity contribution in [2.75, 3.05) is 23.7 Å². The lowest BCUT2D eigenvalue weighted by atomic mass is 10.1. The molecule has 1 amide bonds. The summed E-state index contributed by atoms with van der Waals surface area (Å²) in [6, 6.07) is 19.5. The Kier molecular flexibility index (Phi) is 8.40. The molecule has 3 aromatic carbocycles. The molecule has 3 rings (SSSR count). The highest BCUT2D eigenvalue weighted by molar-refractivity contribution is 9.10. The monoisotopic (exact) mass is 550 g/mol. The van der Waals surface area contributed by atoms with Gasteiger partial charge in [-0.15, -0.1) is 0 Å². The third kappa shape index (κ3) is 6.96. The van der Waals surface area contributed by atoms with Crippen molar-refractivity contribution in [3.8, 4) is 5.75 Å². The normalized spacial score (nSPS) is 11.2. The predicted molar refractivity (Wildman–Crippen MR) is 136 cm³/mol. The van der Waals surface area contributed by atoms with E-state index in [-0.39, 0.29) is 12.5 Å². The molecular weight excluding hydrogens is 528 g/mol. The summed E-state index contributed by atoms with van der Waals surface area (Å²) >= 11 is 9.45. The number of carbonyl (C=O) groups excluding carboxylic acids is 1. The maximum absolute atomic E-state index is 12.4. The van der Waals surface area contributed by atoms with Gasteiger partial charge in [-0.1, -0.05) is 41.9 Å². The summed E-state index contributed by atoms with van der Waals surface area (Å²) in [7, 11) is -3.55. The maximum atomic E-state index is 12.4. The topological polar surface area (TPSA) is 75.7 Å². The van der Waals surface area contributed by atoms with E-state index in [1.807, 2.05) is 31.2 Å². The Balaban J connectivity index is 1.60. The Bertz CT molecular complexity index is 1230. The number of nitrogens with zero attached hydrogens (tertiary/aromatic N) is 1. The van der Waals surface area contributed by atoms with Crippen LogP contribution in [0.25, 0.3) is 0 Å². The number of ether oxygens (including phenoxy) is 1. The SMILES string of the molecule is Cc1ccccc1OCCNC(=O)c1ccc(CN(c2ccc(Br)c(Cl)c2)S(C)(=O)=O)cc1. The van der Waals surface area contributed by atoms with Crippen molar-refractivity contribution in [3.05, 3.63) is 92.9 Å². The molecule has 0 saturated heterocycles. The highest BCUT2D eigenvalue weighted by atomic mass is 79.9. The Labute approximate surface area is 207 Å². The van der Waals surface area contributed by atoms with Crippen LogP contribution in [0.4, 0.5) is 5.69 Å².